The number of carbonyl (C=O) groups is 1. The Bertz CT molecular complexity index is 851. The van der Waals surface area contributed by atoms with Crippen molar-refractivity contribution in [3.63, 3.8) is 0 Å². The summed E-state index contributed by atoms with van der Waals surface area (Å²) in [5.41, 5.74) is -0.477. The van der Waals surface area contributed by atoms with Gasteiger partial charge in [0.05, 0.1) is 5.69 Å². The minimum Gasteiger partial charge on any atom is -0.334 e. The molecule has 1 N–H and O–H groups in total. The predicted octanol–water partition coefficient (Wildman–Crippen LogP) is 2.09. The van der Waals surface area contributed by atoms with Crippen LogP contribution >= 0.6 is 0 Å². The van der Waals surface area contributed by atoms with E-state index in [1.807, 2.05) is 5.32 Å². The third-order valence-corrected chi connectivity index (χ3v) is 3.24. The number of hydrogen-bond donors (Lipinski definition) is 1. The molecule has 1 amide bonds. The van der Waals surface area contributed by atoms with Gasteiger partial charge in [0.15, 0.2) is 6.04 Å². The molecule has 0 bridgehead atoms. The van der Waals surface area contributed by atoms with Crippen molar-refractivity contribution in [1.29, 1.82) is 0 Å². The molecule has 10 heteroatoms. The minimum absolute atomic E-state index is 0.170. The summed E-state index contributed by atoms with van der Waals surface area (Å²) in [4.78, 5) is 20.0. The molecule has 128 valence electrons. The molecule has 3 heterocycles. The first-order valence-electron chi connectivity index (χ1n) is 7.06. The maximum atomic E-state index is 13.3. The average molecular weight is 348 g/mol. The predicted molar refractivity (Wildman–Crippen MR) is 79.7 cm³/mol. The summed E-state index contributed by atoms with van der Waals surface area (Å²) in [6, 6.07) is 6.25. The first kappa shape index (κ1) is 16.6. The number of nitrogens with zero attached hydrogens (tertiary/aromatic N) is 5. The van der Waals surface area contributed by atoms with Crippen LogP contribution in [0.5, 0.6) is 0 Å². The van der Waals surface area contributed by atoms with Gasteiger partial charge < -0.3 is 5.32 Å². The van der Waals surface area contributed by atoms with E-state index in [1.54, 1.807) is 6.07 Å². The second-order valence-corrected chi connectivity index (χ2v) is 4.95. The number of hydrogen-bond acceptors (Lipinski definition) is 5. The fourth-order valence-corrected chi connectivity index (χ4v) is 2.09. The van der Waals surface area contributed by atoms with Gasteiger partial charge in [-0.25, -0.2) is 4.98 Å². The quantitative estimate of drug-likeness (QED) is 0.780. The third-order valence-electron chi connectivity index (χ3n) is 3.24. The Hall–Kier alpha value is -3.30. The van der Waals surface area contributed by atoms with E-state index in [9.17, 15) is 18.0 Å². The van der Waals surface area contributed by atoms with Gasteiger partial charge in [-0.1, -0.05) is 12.1 Å². The molecule has 0 saturated heterocycles. The molecule has 0 spiro atoms. The Morgan fingerprint density at radius 1 is 1.08 bits per heavy atom. The van der Waals surface area contributed by atoms with Crippen LogP contribution in [0.1, 0.15) is 22.2 Å². The van der Waals surface area contributed by atoms with Crippen LogP contribution in [0.15, 0.2) is 55.2 Å². The Morgan fingerprint density at radius 2 is 1.84 bits per heavy atom. The zero-order valence-corrected chi connectivity index (χ0v) is 12.6. The molecule has 0 aliphatic rings. The molecular formula is C15H11F3N6O. The number of nitrogens with one attached hydrogen (secondary N) is 1. The summed E-state index contributed by atoms with van der Waals surface area (Å²) in [7, 11) is 0. The zero-order valence-electron chi connectivity index (χ0n) is 12.6. The van der Waals surface area contributed by atoms with Crippen molar-refractivity contribution in [2.45, 2.75) is 12.2 Å². The first-order chi connectivity index (χ1) is 11.9. The molecule has 7 nitrogen and oxygen atoms in total. The zero-order chi connectivity index (χ0) is 17.9. The van der Waals surface area contributed by atoms with Crippen molar-refractivity contribution >= 4 is 5.91 Å². The van der Waals surface area contributed by atoms with Gasteiger partial charge in [-0.2, -0.15) is 13.2 Å². The lowest BCUT2D eigenvalue weighted by atomic mass is 10.1. The molecule has 3 aromatic heterocycles. The number of aromatic nitrogens is 5. The summed E-state index contributed by atoms with van der Waals surface area (Å²) in [5, 5.41) is 9.15. The molecule has 3 rings (SSSR count). The van der Waals surface area contributed by atoms with Crippen LogP contribution in [0.25, 0.3) is 5.82 Å². The van der Waals surface area contributed by atoms with Gasteiger partial charge >= 0.3 is 6.18 Å². The van der Waals surface area contributed by atoms with Crippen molar-refractivity contribution in [3.05, 3.63) is 66.6 Å². The fraction of sp³-hybridized carbons (Fsp3) is 0.133. The molecular weight excluding hydrogens is 337 g/mol. The fourth-order valence-electron chi connectivity index (χ4n) is 2.09. The van der Waals surface area contributed by atoms with Crippen molar-refractivity contribution in [2.75, 3.05) is 0 Å². The van der Waals surface area contributed by atoms with E-state index in [2.05, 4.69) is 20.2 Å². The third kappa shape index (κ3) is 3.79. The lowest BCUT2D eigenvalue weighted by Crippen LogP contribution is -2.39. The van der Waals surface area contributed by atoms with Crippen LogP contribution in [0.3, 0.4) is 0 Å². The topological polar surface area (TPSA) is 85.6 Å². The van der Waals surface area contributed by atoms with Crippen LogP contribution in [0.2, 0.25) is 0 Å². The number of carbonyl (C=O) groups excluding carboxylic acids is 1. The van der Waals surface area contributed by atoms with Crippen LogP contribution in [0, 0.1) is 0 Å². The highest BCUT2D eigenvalue weighted by molar-refractivity contribution is 5.92. The van der Waals surface area contributed by atoms with Crippen LogP contribution in [-0.2, 0) is 0 Å². The van der Waals surface area contributed by atoms with Gasteiger partial charge in [0, 0.05) is 6.20 Å². The lowest BCUT2D eigenvalue weighted by molar-refractivity contribution is -0.156. The van der Waals surface area contributed by atoms with E-state index >= 15 is 0 Å². The largest absolute Gasteiger partial charge is 0.414 e. The molecule has 1 atom stereocenters. The number of amides is 1. The van der Waals surface area contributed by atoms with Gasteiger partial charge in [-0.3, -0.25) is 14.3 Å². The normalized spacial score (nSPS) is 12.6. The summed E-state index contributed by atoms with van der Waals surface area (Å²) >= 11 is 0. The minimum atomic E-state index is -4.70. The Kier molecular flexibility index (Phi) is 4.42. The summed E-state index contributed by atoms with van der Waals surface area (Å²) in [6.07, 6.45) is -0.756. The SMILES string of the molecule is O=C(NC(c1ccccn1)C(F)(F)F)c1cccc(-n2cnnc2)n1. The molecule has 0 saturated carbocycles. The number of rotatable bonds is 4. The highest BCUT2D eigenvalue weighted by Gasteiger charge is 2.43. The van der Waals surface area contributed by atoms with Crippen molar-refractivity contribution < 1.29 is 18.0 Å². The second-order valence-electron chi connectivity index (χ2n) is 4.95. The monoisotopic (exact) mass is 348 g/mol. The van der Waals surface area contributed by atoms with Gasteiger partial charge in [-0.15, -0.1) is 10.2 Å². The Morgan fingerprint density at radius 3 is 2.48 bits per heavy atom. The Balaban J connectivity index is 1.86. The van der Waals surface area contributed by atoms with E-state index in [0.717, 1.165) is 0 Å². The van der Waals surface area contributed by atoms with E-state index < -0.39 is 18.1 Å². The van der Waals surface area contributed by atoms with Crippen molar-refractivity contribution in [2.24, 2.45) is 0 Å². The molecule has 0 aliphatic carbocycles. The smallest absolute Gasteiger partial charge is 0.334 e. The van der Waals surface area contributed by atoms with Crippen LogP contribution in [0.4, 0.5) is 13.2 Å². The molecule has 25 heavy (non-hydrogen) atoms. The van der Waals surface area contributed by atoms with E-state index in [4.69, 9.17) is 0 Å². The standard InChI is InChI=1S/C15H11F3N6O/c16-15(17,18)13(10-4-1-2-7-19-10)23-14(25)11-5-3-6-12(22-11)24-8-20-21-9-24/h1-9,13H,(H,23,25). The molecule has 0 radical (unpaired) electrons. The second kappa shape index (κ2) is 6.67. The first-order valence-corrected chi connectivity index (χ1v) is 7.06. The maximum absolute atomic E-state index is 13.3. The van der Waals surface area contributed by atoms with E-state index in [-0.39, 0.29) is 11.4 Å². The van der Waals surface area contributed by atoms with Gasteiger partial charge in [0.2, 0.25) is 0 Å². The number of pyridine rings is 2. The average Bonchev–Trinajstić information content (AvgIpc) is 3.14. The molecule has 3 aromatic rings. The van der Waals surface area contributed by atoms with Gasteiger partial charge in [0.25, 0.3) is 5.91 Å². The van der Waals surface area contributed by atoms with Crippen LogP contribution < -0.4 is 5.32 Å². The molecule has 0 aliphatic heterocycles. The van der Waals surface area contributed by atoms with Crippen LogP contribution in [-0.4, -0.2) is 36.8 Å². The summed E-state index contributed by atoms with van der Waals surface area (Å²) < 4.78 is 41.3. The molecule has 0 fully saturated rings. The Labute approximate surface area is 139 Å². The summed E-state index contributed by atoms with van der Waals surface area (Å²) in [6.45, 7) is 0. The number of alkyl halides is 3. The van der Waals surface area contributed by atoms with E-state index in [1.165, 1.54) is 53.8 Å². The highest BCUT2D eigenvalue weighted by atomic mass is 19.4. The number of halogens is 3. The molecule has 1 unspecified atom stereocenters. The maximum Gasteiger partial charge on any atom is 0.414 e. The molecule has 0 aromatic carbocycles. The van der Waals surface area contributed by atoms with Crippen molar-refractivity contribution in [1.82, 2.24) is 30.0 Å². The summed E-state index contributed by atoms with van der Waals surface area (Å²) in [5.74, 6) is -0.665. The van der Waals surface area contributed by atoms with Crippen molar-refractivity contribution in [3.8, 4) is 5.82 Å². The highest BCUT2D eigenvalue weighted by Crippen LogP contribution is 2.31. The lowest BCUT2D eigenvalue weighted by Gasteiger charge is -2.21. The van der Waals surface area contributed by atoms with E-state index in [0.29, 0.717) is 5.82 Å². The van der Waals surface area contributed by atoms with Gasteiger partial charge in [-0.05, 0) is 24.3 Å². The van der Waals surface area contributed by atoms with Gasteiger partial charge in [0.1, 0.15) is 24.2 Å².